The van der Waals surface area contributed by atoms with Crippen LogP contribution in [0.4, 0.5) is 0 Å². The van der Waals surface area contributed by atoms with Gasteiger partial charge in [0.15, 0.2) is 0 Å². The van der Waals surface area contributed by atoms with Gasteiger partial charge in [-0.3, -0.25) is 4.68 Å². The van der Waals surface area contributed by atoms with Gasteiger partial charge in [-0.05, 0) is 44.6 Å². The van der Waals surface area contributed by atoms with Crippen LogP contribution in [0.3, 0.4) is 0 Å². The minimum Gasteiger partial charge on any atom is -0.314 e. The predicted molar refractivity (Wildman–Crippen MR) is 71.3 cm³/mol. The zero-order valence-electron chi connectivity index (χ0n) is 10.7. The zero-order chi connectivity index (χ0) is 12.3. The normalized spacial score (nSPS) is 17.4. The maximum Gasteiger partial charge on any atom is 0.0817 e. The molecule has 4 heteroatoms. The number of aryl methyl sites for hydroxylation is 1. The molecule has 1 aromatic rings. The lowest BCUT2D eigenvalue weighted by atomic mass is 10.0. The maximum absolute atomic E-state index is 6.12. The second-order valence-corrected chi connectivity index (χ2v) is 5.41. The molecule has 0 saturated heterocycles. The molecule has 1 aliphatic carbocycles. The molecular weight excluding hydrogens is 234 g/mol. The summed E-state index contributed by atoms with van der Waals surface area (Å²) in [5.74, 6) is 0.897. The summed E-state index contributed by atoms with van der Waals surface area (Å²) in [7, 11) is 1.97. The first kappa shape index (κ1) is 12.9. The standard InChI is InChI=1S/C13H22ClN3/c1-3-8-15-12(10-4-5-10)6-7-13-11(14)9-16-17(13)2/h9-10,12,15H,3-8H2,1-2H3. The highest BCUT2D eigenvalue weighted by Gasteiger charge is 2.30. The highest BCUT2D eigenvalue weighted by Crippen LogP contribution is 2.34. The molecule has 0 radical (unpaired) electrons. The van der Waals surface area contributed by atoms with Gasteiger partial charge in [0, 0.05) is 13.1 Å². The van der Waals surface area contributed by atoms with E-state index in [1.54, 1.807) is 6.20 Å². The van der Waals surface area contributed by atoms with E-state index in [2.05, 4.69) is 17.3 Å². The Morgan fingerprint density at radius 3 is 2.88 bits per heavy atom. The Kier molecular flexibility index (Phi) is 4.46. The molecule has 1 aromatic heterocycles. The molecular formula is C13H22ClN3. The molecule has 2 rings (SSSR count). The smallest absolute Gasteiger partial charge is 0.0817 e. The summed E-state index contributed by atoms with van der Waals surface area (Å²) in [5, 5.41) is 8.64. The van der Waals surface area contributed by atoms with Gasteiger partial charge in [-0.2, -0.15) is 5.10 Å². The van der Waals surface area contributed by atoms with Crippen LogP contribution < -0.4 is 5.32 Å². The molecule has 0 spiro atoms. The molecule has 1 aliphatic rings. The van der Waals surface area contributed by atoms with Crippen molar-refractivity contribution in [3.05, 3.63) is 16.9 Å². The highest BCUT2D eigenvalue weighted by atomic mass is 35.5. The van der Waals surface area contributed by atoms with Gasteiger partial charge in [-0.15, -0.1) is 0 Å². The molecule has 3 nitrogen and oxygen atoms in total. The van der Waals surface area contributed by atoms with Gasteiger partial charge in [0.1, 0.15) is 0 Å². The van der Waals surface area contributed by atoms with E-state index < -0.39 is 0 Å². The van der Waals surface area contributed by atoms with Crippen LogP contribution in [0.1, 0.15) is 38.3 Å². The number of halogens is 1. The fourth-order valence-electron chi connectivity index (χ4n) is 2.34. The summed E-state index contributed by atoms with van der Waals surface area (Å²) in [4.78, 5) is 0. The number of hydrogen-bond donors (Lipinski definition) is 1. The molecule has 17 heavy (non-hydrogen) atoms. The maximum atomic E-state index is 6.12. The van der Waals surface area contributed by atoms with E-state index in [9.17, 15) is 0 Å². The van der Waals surface area contributed by atoms with Crippen LogP contribution in [0.5, 0.6) is 0 Å². The third-order valence-electron chi connectivity index (χ3n) is 3.55. The number of hydrogen-bond acceptors (Lipinski definition) is 2. The van der Waals surface area contributed by atoms with E-state index in [1.165, 1.54) is 25.7 Å². The number of rotatable bonds is 7. The van der Waals surface area contributed by atoms with Crippen LogP contribution in [0.15, 0.2) is 6.20 Å². The number of aromatic nitrogens is 2. The zero-order valence-corrected chi connectivity index (χ0v) is 11.5. The SMILES string of the molecule is CCCNC(CCc1c(Cl)cnn1C)C1CC1. The molecule has 0 aliphatic heterocycles. The fourth-order valence-corrected chi connectivity index (χ4v) is 2.60. The first-order valence-corrected chi connectivity index (χ1v) is 7.00. The molecule has 1 saturated carbocycles. The molecule has 1 atom stereocenters. The molecule has 1 heterocycles. The summed E-state index contributed by atoms with van der Waals surface area (Å²) in [6.07, 6.45) is 7.91. The van der Waals surface area contributed by atoms with Crippen LogP contribution >= 0.6 is 11.6 Å². The molecule has 0 bridgehead atoms. The number of nitrogens with one attached hydrogen (secondary N) is 1. The Bertz CT molecular complexity index is 338. The third-order valence-corrected chi connectivity index (χ3v) is 3.87. The van der Waals surface area contributed by atoms with E-state index in [0.29, 0.717) is 6.04 Å². The van der Waals surface area contributed by atoms with Crippen LogP contribution in [-0.4, -0.2) is 22.4 Å². The molecule has 96 valence electrons. The van der Waals surface area contributed by atoms with Crippen LogP contribution in [-0.2, 0) is 13.5 Å². The van der Waals surface area contributed by atoms with Gasteiger partial charge >= 0.3 is 0 Å². The first-order chi connectivity index (χ1) is 8.22. The fraction of sp³-hybridized carbons (Fsp3) is 0.769. The Morgan fingerprint density at radius 2 is 2.35 bits per heavy atom. The van der Waals surface area contributed by atoms with Crippen molar-refractivity contribution in [2.24, 2.45) is 13.0 Å². The van der Waals surface area contributed by atoms with Gasteiger partial charge in [-0.25, -0.2) is 0 Å². The van der Waals surface area contributed by atoms with Crippen molar-refractivity contribution in [1.29, 1.82) is 0 Å². The first-order valence-electron chi connectivity index (χ1n) is 6.62. The van der Waals surface area contributed by atoms with E-state index >= 15 is 0 Å². The van der Waals surface area contributed by atoms with Gasteiger partial charge < -0.3 is 5.32 Å². The Labute approximate surface area is 109 Å². The van der Waals surface area contributed by atoms with Gasteiger partial charge in [0.05, 0.1) is 16.9 Å². The van der Waals surface area contributed by atoms with E-state index in [-0.39, 0.29) is 0 Å². The average Bonchev–Trinajstić information content (AvgIpc) is 3.10. The van der Waals surface area contributed by atoms with Gasteiger partial charge in [0.25, 0.3) is 0 Å². The lowest BCUT2D eigenvalue weighted by Crippen LogP contribution is -2.32. The second-order valence-electron chi connectivity index (χ2n) is 5.00. The average molecular weight is 256 g/mol. The van der Waals surface area contributed by atoms with Crippen molar-refractivity contribution in [2.45, 2.75) is 45.1 Å². The lowest BCUT2D eigenvalue weighted by Gasteiger charge is -2.17. The van der Waals surface area contributed by atoms with Crippen molar-refractivity contribution in [2.75, 3.05) is 6.54 Å². The number of nitrogens with zero attached hydrogens (tertiary/aromatic N) is 2. The van der Waals surface area contributed by atoms with E-state index in [0.717, 1.165) is 29.6 Å². The molecule has 0 amide bonds. The Balaban J connectivity index is 1.86. The minimum absolute atomic E-state index is 0.668. The minimum atomic E-state index is 0.668. The topological polar surface area (TPSA) is 29.9 Å². The van der Waals surface area contributed by atoms with Gasteiger partial charge in [0.2, 0.25) is 0 Å². The second kappa shape index (κ2) is 5.87. The molecule has 1 N–H and O–H groups in total. The van der Waals surface area contributed by atoms with E-state index in [1.807, 2.05) is 11.7 Å². The monoisotopic (exact) mass is 255 g/mol. The summed E-state index contributed by atoms with van der Waals surface area (Å²) >= 11 is 6.12. The van der Waals surface area contributed by atoms with Crippen molar-refractivity contribution < 1.29 is 0 Å². The Morgan fingerprint density at radius 1 is 1.59 bits per heavy atom. The van der Waals surface area contributed by atoms with Crippen LogP contribution in [0, 0.1) is 5.92 Å². The molecule has 1 unspecified atom stereocenters. The predicted octanol–water partition coefficient (Wildman–Crippen LogP) is 2.78. The summed E-state index contributed by atoms with van der Waals surface area (Å²) < 4.78 is 1.89. The quantitative estimate of drug-likeness (QED) is 0.812. The van der Waals surface area contributed by atoms with E-state index in [4.69, 9.17) is 11.6 Å². The van der Waals surface area contributed by atoms with Gasteiger partial charge in [-0.1, -0.05) is 18.5 Å². The molecule has 1 fully saturated rings. The lowest BCUT2D eigenvalue weighted by molar-refractivity contribution is 0.431. The van der Waals surface area contributed by atoms with Crippen molar-refractivity contribution >= 4 is 11.6 Å². The van der Waals surface area contributed by atoms with Crippen LogP contribution in [0.25, 0.3) is 0 Å². The largest absolute Gasteiger partial charge is 0.314 e. The van der Waals surface area contributed by atoms with Crippen molar-refractivity contribution in [3.63, 3.8) is 0 Å². The summed E-state index contributed by atoms with van der Waals surface area (Å²) in [6, 6.07) is 0.668. The Hall–Kier alpha value is -0.540. The molecule has 0 aromatic carbocycles. The van der Waals surface area contributed by atoms with Crippen molar-refractivity contribution in [3.8, 4) is 0 Å². The third kappa shape index (κ3) is 3.46. The summed E-state index contributed by atoms with van der Waals surface area (Å²) in [6.45, 7) is 3.34. The van der Waals surface area contributed by atoms with Crippen molar-refractivity contribution in [1.82, 2.24) is 15.1 Å². The highest BCUT2D eigenvalue weighted by molar-refractivity contribution is 6.31. The summed E-state index contributed by atoms with van der Waals surface area (Å²) in [5.41, 5.74) is 1.16. The van der Waals surface area contributed by atoms with Crippen LogP contribution in [0.2, 0.25) is 5.02 Å².